The minimum Gasteiger partial charge on any atom is -0.326 e. The number of urea groups is 1. The first-order valence-electron chi connectivity index (χ1n) is 7.75. The molecule has 0 saturated heterocycles. The molecule has 0 aliphatic carbocycles. The molecule has 0 radical (unpaired) electrons. The molecule has 0 heterocycles. The van der Waals surface area contributed by atoms with Crippen LogP contribution in [0.15, 0.2) is 48.5 Å². The van der Waals surface area contributed by atoms with Gasteiger partial charge >= 0.3 is 6.03 Å². The fourth-order valence-electron chi connectivity index (χ4n) is 2.17. The molecule has 0 bridgehead atoms. The van der Waals surface area contributed by atoms with Crippen molar-refractivity contribution in [1.29, 1.82) is 0 Å². The lowest BCUT2D eigenvalue weighted by atomic mass is 10.0. The van der Waals surface area contributed by atoms with Gasteiger partial charge in [0.15, 0.2) is 0 Å². The van der Waals surface area contributed by atoms with E-state index in [1.54, 1.807) is 30.3 Å². The van der Waals surface area contributed by atoms with Crippen LogP contribution >= 0.6 is 23.2 Å². The first kappa shape index (κ1) is 19.1. The van der Waals surface area contributed by atoms with Crippen molar-refractivity contribution in [2.45, 2.75) is 19.9 Å². The average molecular weight is 380 g/mol. The first-order chi connectivity index (χ1) is 11.9. The number of anilines is 2. The fourth-order valence-corrected chi connectivity index (χ4v) is 2.51. The Hall–Kier alpha value is -2.24. The molecule has 25 heavy (non-hydrogen) atoms. The smallest absolute Gasteiger partial charge is 0.319 e. The minimum absolute atomic E-state index is 0.125. The lowest BCUT2D eigenvalue weighted by Gasteiger charge is -2.22. The maximum Gasteiger partial charge on any atom is 0.319 e. The van der Waals surface area contributed by atoms with Gasteiger partial charge in [0.05, 0.1) is 10.7 Å². The third-order valence-corrected chi connectivity index (χ3v) is 4.02. The van der Waals surface area contributed by atoms with Crippen molar-refractivity contribution in [3.63, 3.8) is 0 Å². The zero-order valence-electron chi connectivity index (χ0n) is 13.8. The third kappa shape index (κ3) is 5.66. The number of halogens is 2. The van der Waals surface area contributed by atoms with E-state index < -0.39 is 12.1 Å². The van der Waals surface area contributed by atoms with Crippen molar-refractivity contribution in [3.05, 3.63) is 58.6 Å². The Morgan fingerprint density at radius 3 is 2.28 bits per heavy atom. The highest BCUT2D eigenvalue weighted by Gasteiger charge is 2.25. The number of para-hydroxylation sites is 1. The summed E-state index contributed by atoms with van der Waals surface area (Å²) in [5.74, 6) is -0.498. The van der Waals surface area contributed by atoms with Crippen LogP contribution in [0.5, 0.6) is 0 Å². The average Bonchev–Trinajstić information content (AvgIpc) is 2.56. The molecule has 5 nitrogen and oxygen atoms in total. The van der Waals surface area contributed by atoms with E-state index in [0.29, 0.717) is 21.4 Å². The Kier molecular flexibility index (Phi) is 6.67. The van der Waals surface area contributed by atoms with Gasteiger partial charge in [-0.1, -0.05) is 55.2 Å². The Labute approximate surface area is 156 Å². The molecule has 2 rings (SSSR count). The second kappa shape index (κ2) is 8.74. The zero-order valence-corrected chi connectivity index (χ0v) is 15.4. The van der Waals surface area contributed by atoms with Crippen molar-refractivity contribution >= 4 is 46.5 Å². The summed E-state index contributed by atoms with van der Waals surface area (Å²) in [4.78, 5) is 24.7. The van der Waals surface area contributed by atoms with Gasteiger partial charge in [-0.2, -0.15) is 0 Å². The van der Waals surface area contributed by atoms with Gasteiger partial charge in [0.25, 0.3) is 0 Å². The number of rotatable bonds is 5. The van der Waals surface area contributed by atoms with Crippen LogP contribution in [0, 0.1) is 5.92 Å². The maximum atomic E-state index is 12.6. The number of hydrogen-bond acceptors (Lipinski definition) is 2. The molecule has 7 heteroatoms. The monoisotopic (exact) mass is 379 g/mol. The first-order valence-corrected chi connectivity index (χ1v) is 8.51. The van der Waals surface area contributed by atoms with Crippen LogP contribution in [0.3, 0.4) is 0 Å². The molecule has 1 unspecified atom stereocenters. The fraction of sp³-hybridized carbons (Fsp3) is 0.222. The Morgan fingerprint density at radius 1 is 0.960 bits per heavy atom. The molecule has 1 atom stereocenters. The Balaban J connectivity index is 2.05. The van der Waals surface area contributed by atoms with E-state index >= 15 is 0 Å². The van der Waals surface area contributed by atoms with E-state index in [1.807, 2.05) is 32.0 Å². The number of benzene rings is 2. The van der Waals surface area contributed by atoms with Crippen molar-refractivity contribution in [3.8, 4) is 0 Å². The number of amides is 3. The molecular formula is C18H19Cl2N3O2. The maximum absolute atomic E-state index is 12.6. The second-order valence-electron chi connectivity index (χ2n) is 5.80. The number of carbonyl (C=O) groups excluding carboxylic acids is 2. The van der Waals surface area contributed by atoms with Crippen LogP contribution in [0.2, 0.25) is 10.0 Å². The second-order valence-corrected chi connectivity index (χ2v) is 6.64. The molecule has 0 aromatic heterocycles. The highest BCUT2D eigenvalue weighted by Crippen LogP contribution is 2.25. The molecule has 0 fully saturated rings. The molecule has 2 aromatic rings. The molecular weight excluding hydrogens is 361 g/mol. The SMILES string of the molecule is CC(C)C(NC(=O)Nc1ccccc1)C(=O)Nc1cc(Cl)ccc1Cl. The van der Waals surface area contributed by atoms with Crippen molar-refractivity contribution in [1.82, 2.24) is 5.32 Å². The summed E-state index contributed by atoms with van der Waals surface area (Å²) in [5, 5.41) is 8.90. The van der Waals surface area contributed by atoms with Gasteiger partial charge in [-0.05, 0) is 36.2 Å². The van der Waals surface area contributed by atoms with Gasteiger partial charge in [0.2, 0.25) is 5.91 Å². The Bertz CT molecular complexity index is 751. The molecule has 0 aliphatic heterocycles. The molecule has 3 N–H and O–H groups in total. The molecule has 0 saturated carbocycles. The molecule has 2 aromatic carbocycles. The summed E-state index contributed by atoms with van der Waals surface area (Å²) in [6.07, 6.45) is 0. The van der Waals surface area contributed by atoms with Crippen molar-refractivity contribution in [2.24, 2.45) is 5.92 Å². The van der Waals surface area contributed by atoms with Crippen LogP contribution in [0.1, 0.15) is 13.8 Å². The predicted molar refractivity (Wildman–Crippen MR) is 102 cm³/mol. The highest BCUT2D eigenvalue weighted by molar-refractivity contribution is 6.35. The lowest BCUT2D eigenvalue weighted by Crippen LogP contribution is -2.48. The standard InChI is InChI=1S/C18H19Cl2N3O2/c1-11(2)16(23-18(25)21-13-6-4-3-5-7-13)17(24)22-15-10-12(19)8-9-14(15)20/h3-11,16H,1-2H3,(H,22,24)(H2,21,23,25). The van der Waals surface area contributed by atoms with E-state index in [2.05, 4.69) is 16.0 Å². The van der Waals surface area contributed by atoms with Gasteiger partial charge in [-0.3, -0.25) is 4.79 Å². The summed E-state index contributed by atoms with van der Waals surface area (Å²) in [6.45, 7) is 3.68. The van der Waals surface area contributed by atoms with Gasteiger partial charge in [-0.25, -0.2) is 4.79 Å². The summed E-state index contributed by atoms with van der Waals surface area (Å²) in [7, 11) is 0. The summed E-state index contributed by atoms with van der Waals surface area (Å²) >= 11 is 12.0. The van der Waals surface area contributed by atoms with Crippen LogP contribution < -0.4 is 16.0 Å². The zero-order chi connectivity index (χ0) is 18.4. The van der Waals surface area contributed by atoms with E-state index in [4.69, 9.17) is 23.2 Å². The van der Waals surface area contributed by atoms with Crippen LogP contribution in [0.4, 0.5) is 16.2 Å². The topological polar surface area (TPSA) is 70.2 Å². The molecule has 3 amide bonds. The highest BCUT2D eigenvalue weighted by atomic mass is 35.5. The molecule has 132 valence electrons. The summed E-state index contributed by atoms with van der Waals surface area (Å²) in [6, 6.07) is 12.6. The van der Waals surface area contributed by atoms with Crippen LogP contribution in [0.25, 0.3) is 0 Å². The van der Waals surface area contributed by atoms with E-state index in [1.165, 1.54) is 0 Å². The van der Waals surface area contributed by atoms with Crippen molar-refractivity contribution < 1.29 is 9.59 Å². The lowest BCUT2D eigenvalue weighted by molar-refractivity contribution is -0.118. The summed E-state index contributed by atoms with van der Waals surface area (Å²) < 4.78 is 0. The van der Waals surface area contributed by atoms with Gasteiger partial charge in [0.1, 0.15) is 6.04 Å². The number of hydrogen-bond donors (Lipinski definition) is 3. The summed E-state index contributed by atoms with van der Waals surface area (Å²) in [5.41, 5.74) is 1.04. The van der Waals surface area contributed by atoms with E-state index in [0.717, 1.165) is 0 Å². The van der Waals surface area contributed by atoms with Gasteiger partial charge in [-0.15, -0.1) is 0 Å². The van der Waals surface area contributed by atoms with E-state index in [9.17, 15) is 9.59 Å². The Morgan fingerprint density at radius 2 is 1.64 bits per heavy atom. The quantitative estimate of drug-likeness (QED) is 0.699. The third-order valence-electron chi connectivity index (χ3n) is 3.45. The number of nitrogens with one attached hydrogen (secondary N) is 3. The normalized spacial score (nSPS) is 11.7. The molecule has 0 aliphatic rings. The predicted octanol–water partition coefficient (Wildman–Crippen LogP) is 4.78. The van der Waals surface area contributed by atoms with Gasteiger partial charge < -0.3 is 16.0 Å². The largest absolute Gasteiger partial charge is 0.326 e. The van der Waals surface area contributed by atoms with Crippen molar-refractivity contribution in [2.75, 3.05) is 10.6 Å². The van der Waals surface area contributed by atoms with Crippen LogP contribution in [-0.4, -0.2) is 18.0 Å². The van der Waals surface area contributed by atoms with Gasteiger partial charge in [0, 0.05) is 10.7 Å². The minimum atomic E-state index is -0.737. The van der Waals surface area contributed by atoms with Crippen LogP contribution in [-0.2, 0) is 4.79 Å². The van der Waals surface area contributed by atoms with E-state index in [-0.39, 0.29) is 11.8 Å². The number of carbonyl (C=O) groups is 2. The molecule has 0 spiro atoms.